The molecule has 1 aromatic heterocycles. The van der Waals surface area contributed by atoms with Crippen molar-refractivity contribution < 1.29 is 28.7 Å². The summed E-state index contributed by atoms with van der Waals surface area (Å²) in [5, 5.41) is 4.70. The van der Waals surface area contributed by atoms with E-state index >= 15 is 0 Å². The molecule has 0 bridgehead atoms. The number of thiophene rings is 1. The first-order chi connectivity index (χ1) is 17.9. The molecule has 1 aliphatic heterocycles. The van der Waals surface area contributed by atoms with E-state index < -0.39 is 29.9 Å². The molecule has 1 fully saturated rings. The third-order valence-corrected chi connectivity index (χ3v) is 6.80. The number of rotatable bonds is 10. The number of nitrogens with one attached hydrogen (secondary N) is 1. The maximum Gasteiger partial charge on any atom is 0.338 e. The Balaban J connectivity index is 1.51. The van der Waals surface area contributed by atoms with Gasteiger partial charge in [-0.25, -0.2) is 14.5 Å². The van der Waals surface area contributed by atoms with Crippen LogP contribution in [-0.2, 0) is 20.7 Å². The van der Waals surface area contributed by atoms with E-state index in [9.17, 15) is 19.2 Å². The van der Waals surface area contributed by atoms with Crippen LogP contribution >= 0.6 is 11.3 Å². The molecule has 4 amide bonds. The van der Waals surface area contributed by atoms with Crippen LogP contribution in [0.15, 0.2) is 66.0 Å². The predicted molar refractivity (Wildman–Crippen MR) is 140 cm³/mol. The number of hydrogen-bond donors (Lipinski definition) is 1. The van der Waals surface area contributed by atoms with Crippen LogP contribution in [0.1, 0.15) is 28.6 Å². The van der Waals surface area contributed by atoms with Gasteiger partial charge >= 0.3 is 12.0 Å². The Bertz CT molecular complexity index is 1280. The molecule has 0 radical (unpaired) electrons. The van der Waals surface area contributed by atoms with Gasteiger partial charge in [-0.3, -0.25) is 9.59 Å². The van der Waals surface area contributed by atoms with E-state index in [4.69, 9.17) is 9.47 Å². The number of nitrogens with zero attached hydrogens (tertiary/aromatic N) is 2. The Morgan fingerprint density at radius 1 is 1.05 bits per heavy atom. The van der Waals surface area contributed by atoms with Gasteiger partial charge < -0.3 is 19.7 Å². The number of urea groups is 1. The zero-order valence-corrected chi connectivity index (χ0v) is 21.3. The Kier molecular flexibility index (Phi) is 8.19. The number of esters is 1. The molecular formula is C27H27N3O6S. The molecule has 2 aromatic carbocycles. The van der Waals surface area contributed by atoms with E-state index in [2.05, 4.69) is 5.32 Å². The number of anilines is 2. The van der Waals surface area contributed by atoms with Gasteiger partial charge in [0.2, 0.25) is 5.91 Å². The standard InChI is InChI=1S/C27H27N3O6S/c1-3-36-26(33)18-9-11-19(12-10-18)28-24(31)17-23-25(32)30(20-6-4-7-21(16-20)35-2)27(34)29(23)14-13-22-8-5-15-37-22/h4-12,15-16,23H,3,13-14,17H2,1-2H3,(H,28,31). The number of amides is 4. The topological polar surface area (TPSA) is 105 Å². The van der Waals surface area contributed by atoms with Crippen molar-refractivity contribution in [3.05, 3.63) is 76.5 Å². The maximum atomic E-state index is 13.5. The molecule has 1 aliphatic rings. The lowest BCUT2D eigenvalue weighted by Crippen LogP contribution is -2.39. The fourth-order valence-electron chi connectivity index (χ4n) is 4.05. The highest BCUT2D eigenvalue weighted by molar-refractivity contribution is 7.09. The van der Waals surface area contributed by atoms with Crippen molar-refractivity contribution in [2.75, 3.05) is 30.5 Å². The van der Waals surface area contributed by atoms with Crippen molar-refractivity contribution in [1.82, 2.24) is 4.90 Å². The minimum Gasteiger partial charge on any atom is -0.497 e. The van der Waals surface area contributed by atoms with E-state index in [1.165, 1.54) is 12.0 Å². The molecule has 10 heteroatoms. The van der Waals surface area contributed by atoms with Gasteiger partial charge in [0.15, 0.2) is 0 Å². The molecule has 3 aromatic rings. The summed E-state index contributed by atoms with van der Waals surface area (Å²) in [6, 6.07) is 15.4. The summed E-state index contributed by atoms with van der Waals surface area (Å²) >= 11 is 1.57. The SMILES string of the molecule is CCOC(=O)c1ccc(NC(=O)CC2C(=O)N(c3cccc(OC)c3)C(=O)N2CCc2cccs2)cc1. The van der Waals surface area contributed by atoms with Crippen LogP contribution in [0.5, 0.6) is 5.75 Å². The van der Waals surface area contributed by atoms with Crippen LogP contribution < -0.4 is 15.0 Å². The first-order valence-electron chi connectivity index (χ1n) is 11.8. The van der Waals surface area contributed by atoms with E-state index in [1.807, 2.05) is 17.5 Å². The number of carbonyl (C=O) groups excluding carboxylic acids is 4. The van der Waals surface area contributed by atoms with Crippen LogP contribution in [0.4, 0.5) is 16.2 Å². The van der Waals surface area contributed by atoms with E-state index in [1.54, 1.807) is 66.8 Å². The van der Waals surface area contributed by atoms with Crippen LogP contribution in [-0.4, -0.2) is 55.0 Å². The Hall–Kier alpha value is -4.18. The molecule has 37 heavy (non-hydrogen) atoms. The fraction of sp³-hybridized carbons (Fsp3) is 0.259. The Morgan fingerprint density at radius 3 is 2.51 bits per heavy atom. The number of hydrogen-bond acceptors (Lipinski definition) is 7. The fourth-order valence-corrected chi connectivity index (χ4v) is 4.75. The van der Waals surface area contributed by atoms with Crippen LogP contribution in [0, 0.1) is 0 Å². The Labute approximate surface area is 218 Å². The van der Waals surface area contributed by atoms with Crippen LogP contribution in [0.25, 0.3) is 0 Å². The van der Waals surface area contributed by atoms with Crippen LogP contribution in [0.2, 0.25) is 0 Å². The number of ether oxygens (including phenoxy) is 2. The highest BCUT2D eigenvalue weighted by atomic mass is 32.1. The van der Waals surface area contributed by atoms with Gasteiger partial charge in [0, 0.05) is 23.2 Å². The molecule has 192 valence electrons. The Morgan fingerprint density at radius 2 is 1.84 bits per heavy atom. The largest absolute Gasteiger partial charge is 0.497 e. The molecule has 0 spiro atoms. The van der Waals surface area contributed by atoms with Crippen LogP contribution in [0.3, 0.4) is 0 Å². The van der Waals surface area contributed by atoms with Gasteiger partial charge in [0.25, 0.3) is 5.91 Å². The van der Waals surface area contributed by atoms with Crippen molar-refractivity contribution in [3.8, 4) is 5.75 Å². The molecule has 2 heterocycles. The third kappa shape index (κ3) is 5.97. The summed E-state index contributed by atoms with van der Waals surface area (Å²) in [5.74, 6) is -0.842. The number of methoxy groups -OCH3 is 1. The first kappa shape index (κ1) is 25.9. The van der Waals surface area contributed by atoms with Gasteiger partial charge in [0.1, 0.15) is 11.8 Å². The molecule has 1 unspecified atom stereocenters. The predicted octanol–water partition coefficient (Wildman–Crippen LogP) is 4.34. The van der Waals surface area contributed by atoms with Crippen molar-refractivity contribution in [2.24, 2.45) is 0 Å². The zero-order valence-electron chi connectivity index (χ0n) is 20.5. The molecule has 1 saturated heterocycles. The highest BCUT2D eigenvalue weighted by Gasteiger charge is 2.46. The molecule has 0 saturated carbocycles. The second kappa shape index (κ2) is 11.7. The summed E-state index contributed by atoms with van der Waals surface area (Å²) in [6.07, 6.45) is 0.352. The smallest absolute Gasteiger partial charge is 0.338 e. The van der Waals surface area contributed by atoms with Gasteiger partial charge in [-0.05, 0) is 61.2 Å². The van der Waals surface area contributed by atoms with Gasteiger partial charge in [0.05, 0.1) is 31.4 Å². The molecule has 9 nitrogen and oxygen atoms in total. The van der Waals surface area contributed by atoms with Crippen molar-refractivity contribution >= 4 is 46.5 Å². The van der Waals surface area contributed by atoms with Crippen molar-refractivity contribution in [2.45, 2.75) is 25.8 Å². The average Bonchev–Trinajstić information content (AvgIpc) is 3.49. The first-order valence-corrected chi connectivity index (χ1v) is 12.7. The van der Waals surface area contributed by atoms with Gasteiger partial charge in [-0.2, -0.15) is 0 Å². The van der Waals surface area contributed by atoms with E-state index in [-0.39, 0.29) is 19.6 Å². The summed E-state index contributed by atoms with van der Waals surface area (Å²) in [5.41, 5.74) is 1.21. The molecule has 1 N–H and O–H groups in total. The number of imide groups is 1. The van der Waals surface area contributed by atoms with Gasteiger partial charge in [-0.15, -0.1) is 11.3 Å². The maximum absolute atomic E-state index is 13.5. The quantitative estimate of drug-likeness (QED) is 0.314. The molecule has 1 atom stereocenters. The average molecular weight is 522 g/mol. The molecule has 0 aliphatic carbocycles. The second-order valence-corrected chi connectivity index (χ2v) is 9.28. The van der Waals surface area contributed by atoms with Crippen molar-refractivity contribution in [3.63, 3.8) is 0 Å². The third-order valence-electron chi connectivity index (χ3n) is 5.87. The summed E-state index contributed by atoms with van der Waals surface area (Å²) in [6.45, 7) is 2.28. The summed E-state index contributed by atoms with van der Waals surface area (Å²) in [7, 11) is 1.51. The normalized spacial score (nSPS) is 15.1. The van der Waals surface area contributed by atoms with Gasteiger partial charge in [-0.1, -0.05) is 12.1 Å². The second-order valence-electron chi connectivity index (χ2n) is 8.25. The number of carbonyl (C=O) groups is 4. The molecular weight excluding hydrogens is 494 g/mol. The zero-order chi connectivity index (χ0) is 26.4. The summed E-state index contributed by atoms with van der Waals surface area (Å²) in [4.78, 5) is 55.3. The lowest BCUT2D eigenvalue weighted by atomic mass is 10.1. The minimum absolute atomic E-state index is 0.213. The monoisotopic (exact) mass is 521 g/mol. The number of benzene rings is 2. The highest BCUT2D eigenvalue weighted by Crippen LogP contribution is 2.30. The van der Waals surface area contributed by atoms with Crippen molar-refractivity contribution in [1.29, 1.82) is 0 Å². The van der Waals surface area contributed by atoms with E-state index in [0.717, 1.165) is 9.78 Å². The lowest BCUT2D eigenvalue weighted by molar-refractivity contribution is -0.124. The molecule has 4 rings (SSSR count). The lowest BCUT2D eigenvalue weighted by Gasteiger charge is -2.21. The van der Waals surface area contributed by atoms with E-state index in [0.29, 0.717) is 29.1 Å². The summed E-state index contributed by atoms with van der Waals surface area (Å²) < 4.78 is 10.2. The minimum atomic E-state index is -0.961.